The van der Waals surface area contributed by atoms with Gasteiger partial charge in [-0.2, -0.15) is 0 Å². The second kappa shape index (κ2) is 7.92. The third-order valence-electron chi connectivity index (χ3n) is 4.14. The fraction of sp³-hybridized carbons (Fsp3) is 0.471. The molecular weight excluding hydrogens is 306 g/mol. The third-order valence-corrected chi connectivity index (χ3v) is 4.14. The van der Waals surface area contributed by atoms with Gasteiger partial charge in [0.05, 0.1) is 18.8 Å². The lowest BCUT2D eigenvalue weighted by Crippen LogP contribution is -2.49. The topological polar surface area (TPSA) is 74.5 Å². The largest absolute Gasteiger partial charge is 0.359 e. The van der Waals surface area contributed by atoms with Crippen LogP contribution in [0.25, 0.3) is 0 Å². The molecule has 0 spiro atoms. The van der Waals surface area contributed by atoms with Crippen LogP contribution in [0.2, 0.25) is 0 Å². The van der Waals surface area contributed by atoms with E-state index in [4.69, 9.17) is 4.52 Å². The summed E-state index contributed by atoms with van der Waals surface area (Å²) in [5.41, 5.74) is 0.907. The van der Waals surface area contributed by atoms with E-state index in [1.54, 1.807) is 0 Å². The van der Waals surface area contributed by atoms with Gasteiger partial charge in [-0.1, -0.05) is 18.1 Å². The summed E-state index contributed by atoms with van der Waals surface area (Å²) in [4.78, 5) is 20.8. The average Bonchev–Trinajstić information content (AvgIpc) is 3.10. The third kappa shape index (κ3) is 4.32. The molecule has 0 saturated carbocycles. The number of carbonyl (C=O) groups is 1. The zero-order valence-electron chi connectivity index (χ0n) is 13.9. The summed E-state index contributed by atoms with van der Waals surface area (Å²) in [5.74, 6) is 1.70. The molecule has 1 fully saturated rings. The Hall–Kier alpha value is -2.41. The molecule has 1 N–H and O–H groups in total. The van der Waals surface area contributed by atoms with E-state index < -0.39 is 0 Å². The molecule has 2 aromatic rings. The van der Waals surface area contributed by atoms with Crippen LogP contribution >= 0.6 is 0 Å². The monoisotopic (exact) mass is 329 g/mol. The first-order chi connectivity index (χ1) is 11.7. The van der Waals surface area contributed by atoms with Crippen molar-refractivity contribution in [2.45, 2.75) is 19.9 Å². The highest BCUT2D eigenvalue weighted by Gasteiger charge is 2.19. The van der Waals surface area contributed by atoms with Crippen LogP contribution < -0.4 is 10.2 Å². The number of nitrogens with zero attached hydrogens (tertiary/aromatic N) is 4. The Kier molecular flexibility index (Phi) is 5.43. The van der Waals surface area contributed by atoms with Crippen LogP contribution in [0.3, 0.4) is 0 Å². The van der Waals surface area contributed by atoms with E-state index in [0.717, 1.165) is 44.1 Å². The summed E-state index contributed by atoms with van der Waals surface area (Å²) in [6.07, 6.45) is 2.64. The van der Waals surface area contributed by atoms with Crippen LogP contribution in [0.1, 0.15) is 18.4 Å². The van der Waals surface area contributed by atoms with Crippen molar-refractivity contribution in [3.63, 3.8) is 0 Å². The maximum absolute atomic E-state index is 12.1. The molecule has 1 aliphatic heterocycles. The van der Waals surface area contributed by atoms with E-state index in [-0.39, 0.29) is 5.91 Å². The molecule has 0 atom stereocenters. The summed E-state index contributed by atoms with van der Waals surface area (Å²) in [7, 11) is 0. The first kappa shape index (κ1) is 16.4. The number of hydrogen-bond acceptors (Lipinski definition) is 6. The second-order valence-electron chi connectivity index (χ2n) is 5.87. The zero-order chi connectivity index (χ0) is 16.8. The standard InChI is InChI=1S/C17H23N5O2/c1-2-14-11-15(24-20-14)12-19-17(23)13-21-7-9-22(10-8-21)16-5-3-4-6-18-16/h3-6,11H,2,7-10,12-13H2,1H3,(H,19,23). The molecule has 3 heterocycles. The number of hydrogen-bond donors (Lipinski definition) is 1. The molecule has 2 aromatic heterocycles. The average molecular weight is 329 g/mol. The van der Waals surface area contributed by atoms with Gasteiger partial charge in [0.1, 0.15) is 5.82 Å². The fourth-order valence-corrected chi connectivity index (χ4v) is 2.73. The lowest BCUT2D eigenvalue weighted by molar-refractivity contribution is -0.122. The Bertz CT molecular complexity index is 650. The predicted molar refractivity (Wildman–Crippen MR) is 90.6 cm³/mol. The van der Waals surface area contributed by atoms with Gasteiger partial charge in [-0.25, -0.2) is 4.98 Å². The van der Waals surface area contributed by atoms with Crippen LogP contribution in [-0.4, -0.2) is 53.7 Å². The van der Waals surface area contributed by atoms with Crippen molar-refractivity contribution >= 4 is 11.7 Å². The van der Waals surface area contributed by atoms with E-state index in [2.05, 4.69) is 25.3 Å². The van der Waals surface area contributed by atoms with Gasteiger partial charge in [0.25, 0.3) is 0 Å². The van der Waals surface area contributed by atoms with Gasteiger partial charge >= 0.3 is 0 Å². The summed E-state index contributed by atoms with van der Waals surface area (Å²) in [6.45, 7) is 6.28. The maximum Gasteiger partial charge on any atom is 0.234 e. The first-order valence-corrected chi connectivity index (χ1v) is 8.34. The van der Waals surface area contributed by atoms with Gasteiger partial charge < -0.3 is 14.7 Å². The van der Waals surface area contributed by atoms with Crippen molar-refractivity contribution in [3.05, 3.63) is 41.9 Å². The molecule has 0 aliphatic carbocycles. The van der Waals surface area contributed by atoms with E-state index in [9.17, 15) is 4.79 Å². The van der Waals surface area contributed by atoms with Crippen LogP contribution in [-0.2, 0) is 17.8 Å². The smallest absolute Gasteiger partial charge is 0.234 e. The number of amides is 1. The van der Waals surface area contributed by atoms with Crippen molar-refractivity contribution in [1.29, 1.82) is 0 Å². The number of aryl methyl sites for hydroxylation is 1. The number of anilines is 1. The zero-order valence-corrected chi connectivity index (χ0v) is 13.9. The van der Waals surface area contributed by atoms with Gasteiger partial charge in [-0.15, -0.1) is 0 Å². The van der Waals surface area contributed by atoms with E-state index in [1.165, 1.54) is 0 Å². The van der Waals surface area contributed by atoms with Gasteiger partial charge in [0.15, 0.2) is 5.76 Å². The SMILES string of the molecule is CCc1cc(CNC(=O)CN2CCN(c3ccccn3)CC2)on1. The molecule has 1 saturated heterocycles. The molecule has 0 aromatic carbocycles. The molecule has 1 aliphatic rings. The van der Waals surface area contributed by atoms with Crippen molar-refractivity contribution in [2.75, 3.05) is 37.6 Å². The lowest BCUT2D eigenvalue weighted by Gasteiger charge is -2.34. The number of pyridine rings is 1. The highest BCUT2D eigenvalue weighted by Crippen LogP contribution is 2.12. The van der Waals surface area contributed by atoms with Crippen LogP contribution in [0.5, 0.6) is 0 Å². The normalized spacial score (nSPS) is 15.5. The van der Waals surface area contributed by atoms with E-state index in [0.29, 0.717) is 18.8 Å². The lowest BCUT2D eigenvalue weighted by atomic mass is 10.3. The molecule has 0 unspecified atom stereocenters. The molecule has 24 heavy (non-hydrogen) atoms. The highest BCUT2D eigenvalue weighted by atomic mass is 16.5. The van der Waals surface area contributed by atoms with E-state index >= 15 is 0 Å². The number of aromatic nitrogens is 2. The number of carbonyl (C=O) groups excluding carboxylic acids is 1. The Labute approximate surface area is 141 Å². The minimum Gasteiger partial charge on any atom is -0.359 e. The number of nitrogens with one attached hydrogen (secondary N) is 1. The van der Waals surface area contributed by atoms with Crippen molar-refractivity contribution in [1.82, 2.24) is 20.4 Å². The molecule has 7 nitrogen and oxygen atoms in total. The second-order valence-corrected chi connectivity index (χ2v) is 5.87. The first-order valence-electron chi connectivity index (χ1n) is 8.34. The predicted octanol–water partition coefficient (Wildman–Crippen LogP) is 1.07. The molecule has 128 valence electrons. The van der Waals surface area contributed by atoms with Crippen molar-refractivity contribution in [2.24, 2.45) is 0 Å². The molecule has 7 heteroatoms. The molecule has 3 rings (SSSR count). The van der Waals surface area contributed by atoms with Gasteiger partial charge in [0, 0.05) is 38.4 Å². The molecule has 0 radical (unpaired) electrons. The van der Waals surface area contributed by atoms with Crippen molar-refractivity contribution in [3.8, 4) is 0 Å². The number of piperazine rings is 1. The Balaban J connectivity index is 1.40. The van der Waals surface area contributed by atoms with Crippen LogP contribution in [0.15, 0.2) is 35.0 Å². The Morgan fingerprint density at radius 3 is 2.79 bits per heavy atom. The highest BCUT2D eigenvalue weighted by molar-refractivity contribution is 5.78. The molecular formula is C17H23N5O2. The summed E-state index contributed by atoms with van der Waals surface area (Å²) in [6, 6.07) is 7.81. The van der Waals surface area contributed by atoms with Gasteiger partial charge in [-0.05, 0) is 18.6 Å². The number of rotatable bonds is 6. The minimum atomic E-state index is 0.00994. The van der Waals surface area contributed by atoms with Crippen LogP contribution in [0, 0.1) is 0 Å². The molecule has 0 bridgehead atoms. The summed E-state index contributed by atoms with van der Waals surface area (Å²) < 4.78 is 5.17. The Morgan fingerprint density at radius 1 is 1.29 bits per heavy atom. The van der Waals surface area contributed by atoms with E-state index in [1.807, 2.05) is 37.4 Å². The summed E-state index contributed by atoms with van der Waals surface area (Å²) >= 11 is 0. The maximum atomic E-state index is 12.1. The fourth-order valence-electron chi connectivity index (χ4n) is 2.73. The summed E-state index contributed by atoms with van der Waals surface area (Å²) in [5, 5.41) is 6.80. The quantitative estimate of drug-likeness (QED) is 0.854. The molecule has 1 amide bonds. The minimum absolute atomic E-state index is 0.00994. The van der Waals surface area contributed by atoms with Crippen LogP contribution in [0.4, 0.5) is 5.82 Å². The van der Waals surface area contributed by atoms with Gasteiger partial charge in [0.2, 0.25) is 5.91 Å². The van der Waals surface area contributed by atoms with Gasteiger partial charge in [-0.3, -0.25) is 9.69 Å². The van der Waals surface area contributed by atoms with Crippen molar-refractivity contribution < 1.29 is 9.32 Å². The Morgan fingerprint density at radius 2 is 2.12 bits per heavy atom.